The number of hydrogen-bond donors (Lipinski definition) is 3. The molecule has 2 heterocycles. The quantitative estimate of drug-likeness (QED) is 0.642. The van der Waals surface area contributed by atoms with Crippen LogP contribution in [0.25, 0.3) is 0 Å². The van der Waals surface area contributed by atoms with Crippen molar-refractivity contribution < 1.29 is 19.0 Å². The minimum atomic E-state index is -0.349. The molecule has 0 aromatic heterocycles. The third-order valence-corrected chi connectivity index (χ3v) is 6.80. The van der Waals surface area contributed by atoms with Crippen LogP contribution in [0.1, 0.15) is 46.0 Å². The van der Waals surface area contributed by atoms with Crippen molar-refractivity contribution in [2.45, 2.75) is 38.4 Å². The normalized spacial score (nSPS) is 21.8. The molecule has 172 valence electrons. The molecule has 0 aliphatic carbocycles. The van der Waals surface area contributed by atoms with Crippen molar-refractivity contribution in [2.75, 3.05) is 32.7 Å². The van der Waals surface area contributed by atoms with Gasteiger partial charge in [-0.1, -0.05) is 12.1 Å². The molecule has 2 aliphatic rings. The number of ether oxygens (including phenoxy) is 1. The van der Waals surface area contributed by atoms with E-state index in [0.717, 1.165) is 55.6 Å². The largest absolute Gasteiger partial charge is 0.507 e. The number of nitrogens with zero attached hydrogens (tertiary/aromatic N) is 1. The number of phenols is 1. The first-order valence-electron chi connectivity index (χ1n) is 11.4. The predicted molar refractivity (Wildman–Crippen MR) is 121 cm³/mol. The van der Waals surface area contributed by atoms with Gasteiger partial charge in [0, 0.05) is 37.2 Å². The van der Waals surface area contributed by atoms with Crippen LogP contribution < -0.4 is 11.1 Å². The standard InChI is InChI=1S/C25H32FN3O3/c1-16-2-7-20-21(24(16)30)14-22(32-23(20)15-27)17-8-11-29(12-9-17)13-10-28-25(31)18-3-5-19(26)6-4-18/h2-7,17,22-23,30H,8-15,27H2,1H3,(H,28,31). The number of benzene rings is 2. The lowest BCUT2D eigenvalue weighted by molar-refractivity contribution is -0.0645. The summed E-state index contributed by atoms with van der Waals surface area (Å²) in [7, 11) is 0. The third kappa shape index (κ3) is 4.95. The minimum Gasteiger partial charge on any atom is -0.507 e. The Morgan fingerprint density at radius 1 is 1.22 bits per heavy atom. The van der Waals surface area contributed by atoms with E-state index in [-0.39, 0.29) is 23.9 Å². The van der Waals surface area contributed by atoms with Crippen LogP contribution in [0.4, 0.5) is 4.39 Å². The monoisotopic (exact) mass is 441 g/mol. The van der Waals surface area contributed by atoms with Crippen LogP contribution in [0.2, 0.25) is 0 Å². The first-order chi connectivity index (χ1) is 15.5. The molecule has 2 aliphatic heterocycles. The molecule has 32 heavy (non-hydrogen) atoms. The van der Waals surface area contributed by atoms with E-state index in [1.54, 1.807) is 0 Å². The molecule has 0 spiro atoms. The van der Waals surface area contributed by atoms with Crippen molar-refractivity contribution in [1.29, 1.82) is 0 Å². The highest BCUT2D eigenvalue weighted by Crippen LogP contribution is 2.40. The van der Waals surface area contributed by atoms with E-state index in [2.05, 4.69) is 10.2 Å². The number of amides is 1. The summed E-state index contributed by atoms with van der Waals surface area (Å²) in [6, 6.07) is 9.52. The van der Waals surface area contributed by atoms with E-state index in [0.29, 0.717) is 30.3 Å². The van der Waals surface area contributed by atoms with Gasteiger partial charge in [0.05, 0.1) is 12.2 Å². The van der Waals surface area contributed by atoms with Crippen molar-refractivity contribution in [3.8, 4) is 5.75 Å². The molecule has 2 atom stereocenters. The zero-order valence-corrected chi connectivity index (χ0v) is 18.5. The summed E-state index contributed by atoms with van der Waals surface area (Å²) >= 11 is 0. The highest BCUT2D eigenvalue weighted by molar-refractivity contribution is 5.94. The molecule has 1 saturated heterocycles. The molecule has 6 nitrogen and oxygen atoms in total. The Balaban J connectivity index is 1.27. The fourth-order valence-electron chi connectivity index (χ4n) is 4.86. The molecule has 7 heteroatoms. The maximum absolute atomic E-state index is 13.0. The van der Waals surface area contributed by atoms with Crippen LogP contribution in [0.3, 0.4) is 0 Å². The topological polar surface area (TPSA) is 87.8 Å². The zero-order chi connectivity index (χ0) is 22.7. The second kappa shape index (κ2) is 9.98. The fraction of sp³-hybridized carbons (Fsp3) is 0.480. The van der Waals surface area contributed by atoms with Gasteiger partial charge in [0.25, 0.3) is 5.91 Å². The number of carbonyl (C=O) groups excluding carboxylic acids is 1. The first-order valence-corrected chi connectivity index (χ1v) is 11.4. The summed E-state index contributed by atoms with van der Waals surface area (Å²) in [5.41, 5.74) is 9.34. The molecule has 0 saturated carbocycles. The van der Waals surface area contributed by atoms with Crippen LogP contribution in [-0.2, 0) is 11.2 Å². The van der Waals surface area contributed by atoms with E-state index in [1.807, 2.05) is 19.1 Å². The summed E-state index contributed by atoms with van der Waals surface area (Å²) in [5.74, 6) is 0.265. The van der Waals surface area contributed by atoms with Gasteiger partial charge in [-0.25, -0.2) is 4.39 Å². The maximum atomic E-state index is 13.0. The molecule has 1 fully saturated rings. The predicted octanol–water partition coefficient (Wildman–Crippen LogP) is 2.92. The number of nitrogens with two attached hydrogens (primary N) is 1. The second-order valence-electron chi connectivity index (χ2n) is 8.84. The van der Waals surface area contributed by atoms with E-state index >= 15 is 0 Å². The molecule has 1 amide bonds. The number of nitrogens with one attached hydrogen (secondary N) is 1. The van der Waals surface area contributed by atoms with E-state index < -0.39 is 0 Å². The number of likely N-dealkylation sites (tertiary alicyclic amines) is 1. The van der Waals surface area contributed by atoms with Gasteiger partial charge in [-0.05, 0) is 74.2 Å². The SMILES string of the molecule is Cc1ccc2c(c1O)CC(C1CCN(CCNC(=O)c3ccc(F)cc3)CC1)OC2CN. The van der Waals surface area contributed by atoms with Gasteiger partial charge >= 0.3 is 0 Å². The van der Waals surface area contributed by atoms with Gasteiger partial charge in [-0.2, -0.15) is 0 Å². The second-order valence-corrected chi connectivity index (χ2v) is 8.84. The average Bonchev–Trinajstić information content (AvgIpc) is 2.81. The average molecular weight is 442 g/mol. The highest BCUT2D eigenvalue weighted by atomic mass is 19.1. The molecule has 2 aromatic rings. The van der Waals surface area contributed by atoms with Gasteiger partial charge < -0.3 is 25.8 Å². The molecule has 4 N–H and O–H groups in total. The maximum Gasteiger partial charge on any atom is 0.251 e. The molecular formula is C25H32FN3O3. The summed E-state index contributed by atoms with van der Waals surface area (Å²) in [4.78, 5) is 14.5. The van der Waals surface area contributed by atoms with Crippen molar-refractivity contribution in [3.63, 3.8) is 0 Å². The van der Waals surface area contributed by atoms with E-state index in [4.69, 9.17) is 10.5 Å². The van der Waals surface area contributed by atoms with Crippen molar-refractivity contribution >= 4 is 5.91 Å². The Labute approximate surface area is 188 Å². The molecule has 0 bridgehead atoms. The van der Waals surface area contributed by atoms with Crippen molar-refractivity contribution in [2.24, 2.45) is 11.7 Å². The van der Waals surface area contributed by atoms with Gasteiger partial charge in [-0.15, -0.1) is 0 Å². The first kappa shape index (κ1) is 22.7. The van der Waals surface area contributed by atoms with Gasteiger partial charge in [0.1, 0.15) is 11.6 Å². The Morgan fingerprint density at radius 2 is 1.94 bits per heavy atom. The summed E-state index contributed by atoms with van der Waals surface area (Å²) in [5, 5.41) is 13.5. The lowest BCUT2D eigenvalue weighted by Crippen LogP contribution is -2.44. The summed E-state index contributed by atoms with van der Waals surface area (Å²) < 4.78 is 19.4. The van der Waals surface area contributed by atoms with Crippen LogP contribution in [-0.4, -0.2) is 54.7 Å². The van der Waals surface area contributed by atoms with Crippen LogP contribution >= 0.6 is 0 Å². The number of piperidine rings is 1. The molecule has 4 rings (SSSR count). The lowest BCUT2D eigenvalue weighted by Gasteiger charge is -2.40. The van der Waals surface area contributed by atoms with Crippen molar-refractivity contribution in [1.82, 2.24) is 10.2 Å². The van der Waals surface area contributed by atoms with E-state index in [9.17, 15) is 14.3 Å². The molecule has 2 aromatic carbocycles. The molecular weight excluding hydrogens is 409 g/mol. The van der Waals surface area contributed by atoms with Gasteiger partial charge in [0.15, 0.2) is 0 Å². The van der Waals surface area contributed by atoms with E-state index in [1.165, 1.54) is 24.3 Å². The number of carbonyl (C=O) groups is 1. The number of rotatable bonds is 6. The number of aryl methyl sites for hydroxylation is 1. The van der Waals surface area contributed by atoms with Crippen LogP contribution in [0, 0.1) is 18.7 Å². The summed E-state index contributed by atoms with van der Waals surface area (Å²) in [6.07, 6.45) is 2.63. The number of phenolic OH excluding ortho intramolecular Hbond substituents is 1. The summed E-state index contributed by atoms with van der Waals surface area (Å²) in [6.45, 7) is 5.53. The van der Waals surface area contributed by atoms with Gasteiger partial charge in [0.2, 0.25) is 0 Å². The smallest absolute Gasteiger partial charge is 0.251 e. The molecule has 2 unspecified atom stereocenters. The van der Waals surface area contributed by atoms with Gasteiger partial charge in [-0.3, -0.25) is 4.79 Å². The lowest BCUT2D eigenvalue weighted by atomic mass is 9.83. The Hall–Kier alpha value is -2.48. The number of hydrogen-bond acceptors (Lipinski definition) is 5. The number of aromatic hydroxyl groups is 1. The molecule has 0 radical (unpaired) electrons. The Morgan fingerprint density at radius 3 is 2.62 bits per heavy atom. The third-order valence-electron chi connectivity index (χ3n) is 6.80. The van der Waals surface area contributed by atoms with Crippen LogP contribution in [0.5, 0.6) is 5.75 Å². The Bertz CT molecular complexity index is 942. The fourth-order valence-corrected chi connectivity index (χ4v) is 4.86. The number of fused-ring (bicyclic) bond motifs is 1. The van der Waals surface area contributed by atoms with Crippen molar-refractivity contribution in [3.05, 3.63) is 64.5 Å². The van der Waals surface area contributed by atoms with Crippen LogP contribution in [0.15, 0.2) is 36.4 Å². The zero-order valence-electron chi connectivity index (χ0n) is 18.5. The Kier molecular flexibility index (Phi) is 7.08. The highest BCUT2D eigenvalue weighted by Gasteiger charge is 2.35. The number of halogens is 1. The minimum absolute atomic E-state index is 0.0593.